The van der Waals surface area contributed by atoms with Crippen LogP contribution in [0.5, 0.6) is 0 Å². The first-order valence-electron chi connectivity index (χ1n) is 7.48. The zero-order chi connectivity index (χ0) is 18.6. The summed E-state index contributed by atoms with van der Waals surface area (Å²) in [6.45, 7) is 2.00. The molecule has 0 saturated heterocycles. The van der Waals surface area contributed by atoms with Crippen molar-refractivity contribution in [3.8, 4) is 0 Å². The van der Waals surface area contributed by atoms with Gasteiger partial charge in [-0.25, -0.2) is 0 Å². The minimum absolute atomic E-state index is 0.146. The number of nitrogens with zero attached hydrogens (tertiary/aromatic N) is 1. The fourth-order valence-electron chi connectivity index (χ4n) is 2.12. The van der Waals surface area contributed by atoms with Gasteiger partial charge in [0.05, 0.1) is 16.5 Å². The van der Waals surface area contributed by atoms with Crippen LogP contribution >= 0.6 is 39.3 Å². The molecule has 2 amide bonds. The number of hydrogen-bond acceptors (Lipinski definition) is 3. The summed E-state index contributed by atoms with van der Waals surface area (Å²) in [5.74, 6) is -0.0688. The van der Waals surface area contributed by atoms with Crippen LogP contribution in [0.3, 0.4) is 0 Å². The molecule has 4 nitrogen and oxygen atoms in total. The second-order valence-electron chi connectivity index (χ2n) is 5.64. The van der Waals surface area contributed by atoms with Gasteiger partial charge in [-0.3, -0.25) is 9.59 Å². The Kier molecular flexibility index (Phi) is 6.93. The average Bonchev–Trinajstić information content (AvgIpc) is 2.55. The predicted molar refractivity (Wildman–Crippen MR) is 108 cm³/mol. The highest BCUT2D eigenvalue weighted by Gasteiger charge is 2.13. The molecule has 0 saturated carbocycles. The van der Waals surface area contributed by atoms with Gasteiger partial charge in [0.15, 0.2) is 0 Å². The third-order valence-electron chi connectivity index (χ3n) is 3.39. The van der Waals surface area contributed by atoms with E-state index in [1.165, 1.54) is 16.7 Å². The summed E-state index contributed by atoms with van der Waals surface area (Å²) < 4.78 is 1.01. The first kappa shape index (κ1) is 19.8. The second-order valence-corrected chi connectivity index (χ2v) is 7.98. The van der Waals surface area contributed by atoms with Gasteiger partial charge in [-0.1, -0.05) is 27.5 Å². The van der Waals surface area contributed by atoms with Crippen LogP contribution in [0.4, 0.5) is 5.69 Å². The lowest BCUT2D eigenvalue weighted by atomic mass is 10.2. The van der Waals surface area contributed by atoms with Crippen molar-refractivity contribution in [3.63, 3.8) is 0 Å². The van der Waals surface area contributed by atoms with E-state index in [2.05, 4.69) is 21.2 Å². The summed E-state index contributed by atoms with van der Waals surface area (Å²) in [7, 11) is 3.35. The molecular formula is C18H18BrClN2O2S. The number of hydrogen-bond donors (Lipinski definition) is 1. The number of carbonyl (C=O) groups is 2. The number of halogens is 2. The van der Waals surface area contributed by atoms with Crippen LogP contribution in [-0.4, -0.2) is 36.6 Å². The maximum Gasteiger partial charge on any atom is 0.253 e. The van der Waals surface area contributed by atoms with Crippen LogP contribution in [0.2, 0.25) is 5.02 Å². The summed E-state index contributed by atoms with van der Waals surface area (Å²) in [5.41, 5.74) is 2.01. The Labute approximate surface area is 165 Å². The normalized spacial score (nSPS) is 10.4. The molecule has 25 heavy (non-hydrogen) atoms. The van der Waals surface area contributed by atoms with E-state index in [1.807, 2.05) is 25.1 Å². The van der Waals surface area contributed by atoms with Crippen molar-refractivity contribution in [3.05, 3.63) is 57.0 Å². The highest BCUT2D eigenvalue weighted by Crippen LogP contribution is 2.27. The Morgan fingerprint density at radius 2 is 1.92 bits per heavy atom. The second kappa shape index (κ2) is 8.74. The number of anilines is 1. The molecule has 0 spiro atoms. The van der Waals surface area contributed by atoms with Crippen molar-refractivity contribution in [1.82, 2.24) is 4.90 Å². The Bertz CT molecular complexity index is 812. The van der Waals surface area contributed by atoms with Gasteiger partial charge in [0.2, 0.25) is 5.91 Å². The topological polar surface area (TPSA) is 49.4 Å². The van der Waals surface area contributed by atoms with Gasteiger partial charge in [0.25, 0.3) is 5.91 Å². The zero-order valence-corrected chi connectivity index (χ0v) is 17.3. The lowest BCUT2D eigenvalue weighted by molar-refractivity contribution is -0.113. The molecule has 2 aromatic rings. The average molecular weight is 442 g/mol. The first-order valence-corrected chi connectivity index (χ1v) is 9.63. The molecule has 2 rings (SSSR count). The molecule has 0 aliphatic rings. The minimum atomic E-state index is -0.177. The highest BCUT2D eigenvalue weighted by atomic mass is 79.9. The van der Waals surface area contributed by atoms with E-state index in [4.69, 9.17) is 11.6 Å². The van der Waals surface area contributed by atoms with Gasteiger partial charge >= 0.3 is 0 Å². The molecule has 0 bridgehead atoms. The summed E-state index contributed by atoms with van der Waals surface area (Å²) in [6.07, 6.45) is 0. The Balaban J connectivity index is 2.05. The van der Waals surface area contributed by atoms with Crippen molar-refractivity contribution in [2.45, 2.75) is 11.8 Å². The summed E-state index contributed by atoms with van der Waals surface area (Å²) >= 11 is 11.0. The van der Waals surface area contributed by atoms with E-state index >= 15 is 0 Å². The van der Waals surface area contributed by atoms with Crippen molar-refractivity contribution < 1.29 is 9.59 Å². The molecule has 0 radical (unpaired) electrons. The molecule has 0 heterocycles. The maximum absolute atomic E-state index is 12.2. The SMILES string of the molecule is Cc1cc(Br)ccc1SCC(=O)Nc1cc(C(=O)N(C)C)ccc1Cl. The van der Waals surface area contributed by atoms with E-state index in [-0.39, 0.29) is 17.6 Å². The maximum atomic E-state index is 12.2. The molecular weight excluding hydrogens is 424 g/mol. The predicted octanol–water partition coefficient (Wildman–Crippen LogP) is 4.84. The first-order chi connectivity index (χ1) is 11.8. The fraction of sp³-hybridized carbons (Fsp3) is 0.222. The molecule has 0 aliphatic carbocycles. The molecule has 7 heteroatoms. The number of thioether (sulfide) groups is 1. The molecule has 0 aromatic heterocycles. The lowest BCUT2D eigenvalue weighted by Gasteiger charge is -2.13. The van der Waals surface area contributed by atoms with Gasteiger partial charge in [0, 0.05) is 29.0 Å². The Morgan fingerprint density at radius 1 is 1.20 bits per heavy atom. The number of benzene rings is 2. The molecule has 2 aromatic carbocycles. The lowest BCUT2D eigenvalue weighted by Crippen LogP contribution is -2.22. The van der Waals surface area contributed by atoms with Crippen LogP contribution in [0.15, 0.2) is 45.8 Å². The quantitative estimate of drug-likeness (QED) is 0.675. The standard InChI is InChI=1S/C18H18BrClN2O2S/c1-11-8-13(19)5-7-16(11)25-10-17(23)21-15-9-12(4-6-14(15)20)18(24)22(2)3/h4-9H,10H2,1-3H3,(H,21,23). The van der Waals surface area contributed by atoms with Crippen molar-refractivity contribution >= 4 is 56.8 Å². The fourth-order valence-corrected chi connectivity index (χ4v) is 3.57. The third kappa shape index (κ3) is 5.49. The molecule has 132 valence electrons. The van der Waals surface area contributed by atoms with E-state index < -0.39 is 0 Å². The molecule has 0 aliphatic heterocycles. The summed E-state index contributed by atoms with van der Waals surface area (Å²) in [6, 6.07) is 10.8. The van der Waals surface area contributed by atoms with Gasteiger partial charge in [-0.15, -0.1) is 11.8 Å². The van der Waals surface area contributed by atoms with Crippen LogP contribution in [0, 0.1) is 6.92 Å². The van der Waals surface area contributed by atoms with Crippen molar-refractivity contribution in [2.24, 2.45) is 0 Å². The van der Waals surface area contributed by atoms with E-state index in [1.54, 1.807) is 32.3 Å². The largest absolute Gasteiger partial charge is 0.345 e. The van der Waals surface area contributed by atoms with Crippen LogP contribution < -0.4 is 5.32 Å². The highest BCUT2D eigenvalue weighted by molar-refractivity contribution is 9.10. The monoisotopic (exact) mass is 440 g/mol. The molecule has 0 unspecified atom stereocenters. The minimum Gasteiger partial charge on any atom is -0.345 e. The van der Waals surface area contributed by atoms with E-state index in [0.29, 0.717) is 16.3 Å². The van der Waals surface area contributed by atoms with Crippen LogP contribution in [0.25, 0.3) is 0 Å². The van der Waals surface area contributed by atoms with Gasteiger partial charge < -0.3 is 10.2 Å². The van der Waals surface area contributed by atoms with E-state index in [9.17, 15) is 9.59 Å². The number of aryl methyl sites for hydroxylation is 1. The Hall–Kier alpha value is -1.50. The molecule has 0 atom stereocenters. The summed E-state index contributed by atoms with van der Waals surface area (Å²) in [4.78, 5) is 26.8. The molecule has 1 N–H and O–H groups in total. The number of amides is 2. The van der Waals surface area contributed by atoms with Gasteiger partial charge in [-0.05, 0) is 48.9 Å². The summed E-state index contributed by atoms with van der Waals surface area (Å²) in [5, 5.41) is 3.17. The third-order valence-corrected chi connectivity index (χ3v) is 5.39. The van der Waals surface area contributed by atoms with Crippen molar-refractivity contribution in [1.29, 1.82) is 0 Å². The van der Waals surface area contributed by atoms with Crippen LogP contribution in [-0.2, 0) is 4.79 Å². The number of nitrogens with one attached hydrogen (secondary N) is 1. The van der Waals surface area contributed by atoms with Crippen LogP contribution in [0.1, 0.15) is 15.9 Å². The molecule has 0 fully saturated rings. The van der Waals surface area contributed by atoms with Crippen molar-refractivity contribution in [2.75, 3.05) is 25.2 Å². The zero-order valence-electron chi connectivity index (χ0n) is 14.1. The van der Waals surface area contributed by atoms with Gasteiger partial charge in [-0.2, -0.15) is 0 Å². The van der Waals surface area contributed by atoms with Gasteiger partial charge in [0.1, 0.15) is 0 Å². The Morgan fingerprint density at radius 3 is 2.56 bits per heavy atom. The number of carbonyl (C=O) groups excluding carboxylic acids is 2. The smallest absolute Gasteiger partial charge is 0.253 e. The number of rotatable bonds is 5. The van der Waals surface area contributed by atoms with E-state index in [0.717, 1.165) is 14.9 Å².